The summed E-state index contributed by atoms with van der Waals surface area (Å²) >= 11 is 0. The number of hydrogen-bond donors (Lipinski definition) is 3. The van der Waals surface area contributed by atoms with Gasteiger partial charge in [-0.3, -0.25) is 4.79 Å². The predicted octanol–water partition coefficient (Wildman–Crippen LogP) is 0.922. The Kier molecular flexibility index (Phi) is 3.06. The Morgan fingerprint density at radius 3 is 2.95 bits per heavy atom. The molecule has 19 heavy (non-hydrogen) atoms. The number of carbonyl (C=O) groups excluding carboxylic acids is 1. The molecule has 1 aromatic rings. The van der Waals surface area contributed by atoms with Gasteiger partial charge in [0.25, 0.3) is 5.91 Å². The van der Waals surface area contributed by atoms with Crippen LogP contribution in [-0.4, -0.2) is 46.7 Å². The number of carbonyl (C=O) groups is 1. The third kappa shape index (κ3) is 2.26. The number of hydrogen-bond acceptors (Lipinski definition) is 4. The van der Waals surface area contributed by atoms with Crippen molar-refractivity contribution < 1.29 is 15.0 Å². The monoisotopic (exact) mass is 262 g/mol. The van der Waals surface area contributed by atoms with Crippen LogP contribution < -0.4 is 5.32 Å². The van der Waals surface area contributed by atoms with Crippen molar-refractivity contribution in [2.45, 2.75) is 18.9 Å². The van der Waals surface area contributed by atoms with Crippen molar-refractivity contribution >= 4 is 5.91 Å². The van der Waals surface area contributed by atoms with E-state index in [1.807, 2.05) is 0 Å². The third-order valence-corrected chi connectivity index (χ3v) is 4.10. The highest BCUT2D eigenvalue weighted by Crippen LogP contribution is 2.29. The first-order chi connectivity index (χ1) is 9.15. The highest BCUT2D eigenvalue weighted by Gasteiger charge is 2.37. The number of nitrogens with zero attached hydrogens (tertiary/aromatic N) is 1. The number of fused-ring (bicyclic) bond motifs is 1. The van der Waals surface area contributed by atoms with Crippen LogP contribution >= 0.6 is 0 Å². The largest absolute Gasteiger partial charge is 0.508 e. The molecule has 1 aromatic carbocycles. The van der Waals surface area contributed by atoms with Crippen molar-refractivity contribution in [3.05, 3.63) is 23.8 Å². The number of phenols is 2. The van der Waals surface area contributed by atoms with E-state index in [9.17, 15) is 15.0 Å². The number of rotatable bonds is 1. The van der Waals surface area contributed by atoms with E-state index in [0.717, 1.165) is 25.9 Å². The van der Waals surface area contributed by atoms with E-state index in [1.54, 1.807) is 4.90 Å². The molecule has 2 saturated heterocycles. The van der Waals surface area contributed by atoms with Crippen molar-refractivity contribution in [2.75, 3.05) is 19.6 Å². The maximum Gasteiger partial charge on any atom is 0.257 e. The van der Waals surface area contributed by atoms with Gasteiger partial charge in [-0.2, -0.15) is 0 Å². The van der Waals surface area contributed by atoms with Crippen molar-refractivity contribution in [3.8, 4) is 11.5 Å². The molecule has 0 aliphatic carbocycles. The van der Waals surface area contributed by atoms with Gasteiger partial charge >= 0.3 is 0 Å². The Bertz CT molecular complexity index is 489. The fourth-order valence-electron chi connectivity index (χ4n) is 3.08. The van der Waals surface area contributed by atoms with Crippen LogP contribution in [0.15, 0.2) is 18.2 Å². The standard InChI is InChI=1S/C14H18N2O3/c17-10-3-4-13(18)11(6-10)14(19)16-7-9-2-1-5-15-12(9)8-16/h3-4,6,9,12,15,17-18H,1-2,5,7-8H2. The lowest BCUT2D eigenvalue weighted by molar-refractivity contribution is 0.0782. The molecule has 2 aliphatic heterocycles. The minimum absolute atomic E-state index is 0.00381. The van der Waals surface area contributed by atoms with Crippen LogP contribution in [0.25, 0.3) is 0 Å². The van der Waals surface area contributed by atoms with Gasteiger partial charge in [-0.25, -0.2) is 0 Å². The van der Waals surface area contributed by atoms with Crippen molar-refractivity contribution in [1.82, 2.24) is 10.2 Å². The average Bonchev–Trinajstić information content (AvgIpc) is 2.84. The van der Waals surface area contributed by atoms with Gasteiger partial charge in [0.2, 0.25) is 0 Å². The molecule has 2 fully saturated rings. The SMILES string of the molecule is O=C(c1cc(O)ccc1O)N1CC2CCCNC2C1. The number of likely N-dealkylation sites (tertiary alicyclic amines) is 1. The summed E-state index contributed by atoms with van der Waals surface area (Å²) in [5.74, 6) is 0.225. The van der Waals surface area contributed by atoms with E-state index in [4.69, 9.17) is 0 Å². The van der Waals surface area contributed by atoms with Gasteiger partial charge in [0, 0.05) is 19.1 Å². The Morgan fingerprint density at radius 2 is 2.16 bits per heavy atom. The van der Waals surface area contributed by atoms with E-state index in [1.165, 1.54) is 18.2 Å². The first kappa shape index (κ1) is 12.3. The van der Waals surface area contributed by atoms with Gasteiger partial charge < -0.3 is 20.4 Å². The molecule has 2 atom stereocenters. The molecule has 2 heterocycles. The van der Waals surface area contributed by atoms with E-state index >= 15 is 0 Å². The van der Waals surface area contributed by atoms with Gasteiger partial charge in [-0.05, 0) is 43.5 Å². The summed E-state index contributed by atoms with van der Waals surface area (Å²) in [5, 5.41) is 22.6. The second-order valence-corrected chi connectivity index (χ2v) is 5.37. The maximum atomic E-state index is 12.4. The molecule has 102 valence electrons. The summed E-state index contributed by atoms with van der Waals surface area (Å²) in [6, 6.07) is 4.42. The van der Waals surface area contributed by atoms with Crippen LogP contribution in [0.2, 0.25) is 0 Å². The molecule has 3 N–H and O–H groups in total. The first-order valence-corrected chi connectivity index (χ1v) is 6.70. The first-order valence-electron chi connectivity index (χ1n) is 6.70. The van der Waals surface area contributed by atoms with Crippen LogP contribution in [0.4, 0.5) is 0 Å². The van der Waals surface area contributed by atoms with Crippen LogP contribution in [0.5, 0.6) is 11.5 Å². The number of piperidine rings is 1. The molecular formula is C14H18N2O3. The number of aromatic hydroxyl groups is 2. The van der Waals surface area contributed by atoms with Gasteiger partial charge in [-0.15, -0.1) is 0 Å². The van der Waals surface area contributed by atoms with E-state index in [0.29, 0.717) is 18.5 Å². The summed E-state index contributed by atoms with van der Waals surface area (Å²) < 4.78 is 0. The fourth-order valence-corrected chi connectivity index (χ4v) is 3.08. The lowest BCUT2D eigenvalue weighted by Crippen LogP contribution is -2.41. The maximum absolute atomic E-state index is 12.4. The van der Waals surface area contributed by atoms with E-state index < -0.39 is 0 Å². The molecule has 0 radical (unpaired) electrons. The minimum Gasteiger partial charge on any atom is -0.508 e. The van der Waals surface area contributed by atoms with Gasteiger partial charge in [-0.1, -0.05) is 0 Å². The number of benzene rings is 1. The Balaban J connectivity index is 1.79. The highest BCUT2D eigenvalue weighted by atomic mass is 16.3. The average molecular weight is 262 g/mol. The second-order valence-electron chi connectivity index (χ2n) is 5.37. The summed E-state index contributed by atoms with van der Waals surface area (Å²) in [7, 11) is 0. The zero-order chi connectivity index (χ0) is 13.4. The minimum atomic E-state index is -0.204. The summed E-state index contributed by atoms with van der Waals surface area (Å²) in [6.45, 7) is 2.42. The lowest BCUT2D eigenvalue weighted by atomic mass is 9.94. The van der Waals surface area contributed by atoms with Crippen LogP contribution in [0, 0.1) is 5.92 Å². The third-order valence-electron chi connectivity index (χ3n) is 4.10. The molecule has 2 aliphatic rings. The molecule has 5 nitrogen and oxygen atoms in total. The van der Waals surface area contributed by atoms with Crippen molar-refractivity contribution in [2.24, 2.45) is 5.92 Å². The summed E-state index contributed by atoms with van der Waals surface area (Å²) in [6.07, 6.45) is 2.30. The number of amides is 1. The van der Waals surface area contributed by atoms with E-state index in [2.05, 4.69) is 5.32 Å². The highest BCUT2D eigenvalue weighted by molar-refractivity contribution is 5.97. The fraction of sp³-hybridized carbons (Fsp3) is 0.500. The summed E-state index contributed by atoms with van der Waals surface area (Å²) in [5.41, 5.74) is 0.179. The zero-order valence-electron chi connectivity index (χ0n) is 10.7. The Morgan fingerprint density at radius 1 is 1.32 bits per heavy atom. The Hall–Kier alpha value is -1.75. The zero-order valence-corrected chi connectivity index (χ0v) is 10.7. The smallest absolute Gasteiger partial charge is 0.257 e. The van der Waals surface area contributed by atoms with Crippen LogP contribution in [0.1, 0.15) is 23.2 Å². The second kappa shape index (κ2) is 4.74. The number of nitrogens with one attached hydrogen (secondary N) is 1. The quantitative estimate of drug-likeness (QED) is 0.658. The molecule has 5 heteroatoms. The predicted molar refractivity (Wildman–Crippen MR) is 70.2 cm³/mol. The van der Waals surface area contributed by atoms with Crippen molar-refractivity contribution in [1.29, 1.82) is 0 Å². The van der Waals surface area contributed by atoms with Gasteiger partial charge in [0.05, 0.1) is 5.56 Å². The van der Waals surface area contributed by atoms with Crippen LogP contribution in [0.3, 0.4) is 0 Å². The van der Waals surface area contributed by atoms with Crippen LogP contribution in [-0.2, 0) is 0 Å². The molecule has 0 aromatic heterocycles. The molecule has 3 rings (SSSR count). The van der Waals surface area contributed by atoms with E-state index in [-0.39, 0.29) is 23.0 Å². The lowest BCUT2D eigenvalue weighted by Gasteiger charge is -2.24. The normalized spacial score (nSPS) is 26.2. The van der Waals surface area contributed by atoms with Gasteiger partial charge in [0.1, 0.15) is 11.5 Å². The molecular weight excluding hydrogens is 244 g/mol. The summed E-state index contributed by atoms with van der Waals surface area (Å²) in [4.78, 5) is 14.2. The van der Waals surface area contributed by atoms with Gasteiger partial charge in [0.15, 0.2) is 0 Å². The molecule has 0 bridgehead atoms. The van der Waals surface area contributed by atoms with Crippen molar-refractivity contribution in [3.63, 3.8) is 0 Å². The number of phenolic OH excluding ortho intramolecular Hbond substituents is 2. The molecule has 2 unspecified atom stereocenters. The molecule has 0 saturated carbocycles. The Labute approximate surface area is 111 Å². The topological polar surface area (TPSA) is 72.8 Å². The molecule has 1 amide bonds. The molecule has 0 spiro atoms.